The summed E-state index contributed by atoms with van der Waals surface area (Å²) in [7, 11) is 1.45. The van der Waals surface area contributed by atoms with Crippen molar-refractivity contribution in [3.8, 4) is 11.4 Å². The van der Waals surface area contributed by atoms with Gasteiger partial charge in [-0.15, -0.1) is 10.2 Å². The highest BCUT2D eigenvalue weighted by Crippen LogP contribution is 2.35. The number of carbonyl (C=O) groups excluding carboxylic acids is 1. The minimum absolute atomic E-state index is 0.0189. The standard InChI is InChI=1S/C19H18ClN7O4/c1-21-18(28)16-12(6-15(20)23-24-16)22-11-4-3-5-14(17(11)31-2)27-8-10-7-26(19(29)30)9-13(10)25-27/h3-6,8H,7,9H2,1-2H3,(H,21,28)(H,22,23)(H,29,30)/i1D3. The molecule has 2 amide bonds. The largest absolute Gasteiger partial charge is 0.492 e. The molecule has 1 aromatic carbocycles. The maximum atomic E-state index is 12.4. The van der Waals surface area contributed by atoms with Gasteiger partial charge in [0.2, 0.25) is 0 Å². The van der Waals surface area contributed by atoms with Crippen LogP contribution in [0, 0.1) is 0 Å². The maximum absolute atomic E-state index is 12.4. The summed E-state index contributed by atoms with van der Waals surface area (Å²) in [6.07, 6.45) is 0.705. The molecule has 0 saturated carbocycles. The lowest BCUT2D eigenvalue weighted by molar-refractivity contribution is 0.0958. The molecular formula is C19H18ClN7O4. The number of halogens is 1. The van der Waals surface area contributed by atoms with Crippen LogP contribution in [0.25, 0.3) is 5.69 Å². The predicted octanol–water partition coefficient (Wildman–Crippen LogP) is 2.42. The molecule has 12 heteroatoms. The summed E-state index contributed by atoms with van der Waals surface area (Å²) in [6, 6.07) is 6.47. The predicted molar refractivity (Wildman–Crippen MR) is 111 cm³/mol. The molecule has 11 nitrogen and oxygen atoms in total. The number of nitrogens with zero attached hydrogens (tertiary/aromatic N) is 5. The highest BCUT2D eigenvalue weighted by Gasteiger charge is 2.27. The number of carbonyl (C=O) groups is 2. The van der Waals surface area contributed by atoms with Crippen LogP contribution in [0.2, 0.25) is 5.15 Å². The van der Waals surface area contributed by atoms with Gasteiger partial charge in [-0.2, -0.15) is 5.10 Å². The molecule has 3 heterocycles. The number of rotatable bonds is 5. The van der Waals surface area contributed by atoms with Crippen molar-refractivity contribution in [2.75, 3.05) is 19.4 Å². The van der Waals surface area contributed by atoms with Crippen molar-refractivity contribution in [2.24, 2.45) is 0 Å². The van der Waals surface area contributed by atoms with E-state index in [0.717, 1.165) is 5.56 Å². The fourth-order valence-corrected chi connectivity index (χ4v) is 3.41. The fraction of sp³-hybridized carbons (Fsp3) is 0.211. The molecule has 0 bridgehead atoms. The number of aromatic nitrogens is 4. The summed E-state index contributed by atoms with van der Waals surface area (Å²) in [5.74, 6) is -0.609. The summed E-state index contributed by atoms with van der Waals surface area (Å²) in [5, 5.41) is 25.9. The molecule has 0 spiro atoms. The molecule has 1 aliphatic rings. The number of benzene rings is 1. The van der Waals surface area contributed by atoms with E-state index in [0.29, 0.717) is 22.8 Å². The molecule has 3 N–H and O–H groups in total. The number of anilines is 2. The first kappa shape index (κ1) is 16.9. The van der Waals surface area contributed by atoms with Crippen LogP contribution in [0.5, 0.6) is 5.75 Å². The molecule has 2 aromatic heterocycles. The van der Waals surface area contributed by atoms with E-state index in [4.69, 9.17) is 20.5 Å². The zero-order valence-electron chi connectivity index (χ0n) is 19.1. The van der Waals surface area contributed by atoms with Crippen molar-refractivity contribution in [3.05, 3.63) is 52.6 Å². The van der Waals surface area contributed by atoms with Crippen molar-refractivity contribution in [2.45, 2.75) is 13.1 Å². The number of carboxylic acid groups (broad SMARTS) is 1. The Morgan fingerprint density at radius 3 is 2.84 bits per heavy atom. The number of ether oxygens (including phenoxy) is 1. The Bertz CT molecular complexity index is 1260. The molecule has 0 fully saturated rings. The van der Waals surface area contributed by atoms with E-state index in [-0.39, 0.29) is 29.6 Å². The van der Waals surface area contributed by atoms with E-state index in [2.05, 4.69) is 20.6 Å². The number of hydrogen-bond donors (Lipinski definition) is 3. The van der Waals surface area contributed by atoms with Gasteiger partial charge < -0.3 is 20.5 Å². The van der Waals surface area contributed by atoms with Crippen molar-refractivity contribution in [1.82, 2.24) is 30.2 Å². The lowest BCUT2D eigenvalue weighted by Gasteiger charge is -2.16. The van der Waals surface area contributed by atoms with Crippen LogP contribution in [0.3, 0.4) is 0 Å². The van der Waals surface area contributed by atoms with Crippen molar-refractivity contribution in [3.63, 3.8) is 0 Å². The average Bonchev–Trinajstić information content (AvgIpc) is 3.32. The number of methoxy groups -OCH3 is 1. The number of para-hydroxylation sites is 1. The summed E-state index contributed by atoms with van der Waals surface area (Å²) in [4.78, 5) is 24.9. The minimum Gasteiger partial charge on any atom is -0.492 e. The lowest BCUT2D eigenvalue weighted by atomic mass is 10.2. The van der Waals surface area contributed by atoms with E-state index in [1.807, 2.05) is 5.32 Å². The Hall–Kier alpha value is -3.86. The summed E-state index contributed by atoms with van der Waals surface area (Å²) in [6.45, 7) is -2.31. The highest BCUT2D eigenvalue weighted by molar-refractivity contribution is 6.29. The molecule has 0 aliphatic carbocycles. The van der Waals surface area contributed by atoms with Gasteiger partial charge in [0.15, 0.2) is 16.6 Å². The molecule has 0 unspecified atom stereocenters. The van der Waals surface area contributed by atoms with Crippen LogP contribution in [0.1, 0.15) is 25.9 Å². The summed E-state index contributed by atoms with van der Waals surface area (Å²) >= 11 is 5.95. The average molecular weight is 447 g/mol. The minimum atomic E-state index is -2.72. The number of fused-ring (bicyclic) bond motifs is 1. The third-order valence-corrected chi connectivity index (χ3v) is 4.84. The Kier molecular flexibility index (Phi) is 4.42. The topological polar surface area (TPSA) is 134 Å². The molecule has 160 valence electrons. The molecule has 4 rings (SSSR count). The number of hydrogen-bond acceptors (Lipinski definition) is 7. The smallest absolute Gasteiger partial charge is 0.407 e. The monoisotopic (exact) mass is 446 g/mol. The fourth-order valence-electron chi connectivity index (χ4n) is 3.26. The normalized spacial score (nSPS) is 14.3. The number of amides is 2. The van der Waals surface area contributed by atoms with Crippen molar-refractivity contribution >= 4 is 35.0 Å². The van der Waals surface area contributed by atoms with Crippen LogP contribution < -0.4 is 15.4 Å². The molecule has 1 aliphatic heterocycles. The quantitative estimate of drug-likeness (QED) is 0.543. The lowest BCUT2D eigenvalue weighted by Crippen LogP contribution is -2.23. The van der Waals surface area contributed by atoms with Crippen molar-refractivity contribution < 1.29 is 23.5 Å². The molecule has 0 radical (unpaired) electrons. The van der Waals surface area contributed by atoms with Gasteiger partial charge in [0.05, 0.1) is 37.3 Å². The van der Waals surface area contributed by atoms with Gasteiger partial charge in [0.25, 0.3) is 5.91 Å². The second kappa shape index (κ2) is 8.11. The second-order valence-electron chi connectivity index (χ2n) is 6.55. The van der Waals surface area contributed by atoms with Crippen LogP contribution in [-0.4, -0.2) is 56.1 Å². The van der Waals surface area contributed by atoms with E-state index < -0.39 is 19.0 Å². The van der Waals surface area contributed by atoms with Gasteiger partial charge in [0, 0.05) is 28.9 Å². The molecular weight excluding hydrogens is 426 g/mol. The summed E-state index contributed by atoms with van der Waals surface area (Å²) in [5.41, 5.74) is 2.20. The second-order valence-corrected chi connectivity index (χ2v) is 6.94. The SMILES string of the molecule is [2H]C([2H])([2H])NC(=O)c1nnc(Cl)cc1Nc1cccc(-n2cc3c(n2)CN(C(=O)O)C3)c1OC. The maximum Gasteiger partial charge on any atom is 0.407 e. The Morgan fingerprint density at radius 2 is 2.13 bits per heavy atom. The zero-order valence-corrected chi connectivity index (χ0v) is 16.8. The van der Waals surface area contributed by atoms with Crippen molar-refractivity contribution in [1.29, 1.82) is 0 Å². The third kappa shape index (κ3) is 3.82. The Balaban J connectivity index is 1.68. The van der Waals surface area contributed by atoms with Gasteiger partial charge in [-0.05, 0) is 12.1 Å². The van der Waals surface area contributed by atoms with Crippen LogP contribution in [0.15, 0.2) is 30.5 Å². The van der Waals surface area contributed by atoms with E-state index >= 15 is 0 Å². The van der Waals surface area contributed by atoms with Gasteiger partial charge in [-0.3, -0.25) is 9.69 Å². The van der Waals surface area contributed by atoms with E-state index in [9.17, 15) is 14.7 Å². The summed E-state index contributed by atoms with van der Waals surface area (Å²) < 4.78 is 28.9. The van der Waals surface area contributed by atoms with Gasteiger partial charge in [0.1, 0.15) is 5.69 Å². The first-order chi connectivity index (χ1) is 16.1. The van der Waals surface area contributed by atoms with Gasteiger partial charge in [-0.25, -0.2) is 9.48 Å². The number of nitrogens with one attached hydrogen (secondary N) is 2. The molecule has 0 atom stereocenters. The first-order valence-electron chi connectivity index (χ1n) is 10.4. The third-order valence-electron chi connectivity index (χ3n) is 4.66. The zero-order chi connectivity index (χ0) is 24.6. The Labute approximate surface area is 185 Å². The highest BCUT2D eigenvalue weighted by atomic mass is 35.5. The van der Waals surface area contributed by atoms with Crippen LogP contribution >= 0.6 is 11.6 Å². The van der Waals surface area contributed by atoms with Gasteiger partial charge >= 0.3 is 6.09 Å². The van der Waals surface area contributed by atoms with E-state index in [1.54, 1.807) is 29.1 Å². The molecule has 31 heavy (non-hydrogen) atoms. The molecule has 3 aromatic rings. The van der Waals surface area contributed by atoms with Gasteiger partial charge in [-0.1, -0.05) is 17.7 Å². The Morgan fingerprint density at radius 1 is 1.29 bits per heavy atom. The molecule has 0 saturated heterocycles. The van der Waals surface area contributed by atoms with E-state index in [1.165, 1.54) is 18.1 Å². The van der Waals surface area contributed by atoms with Crippen LogP contribution in [0.4, 0.5) is 16.2 Å². The first-order valence-corrected chi connectivity index (χ1v) is 9.29. The van der Waals surface area contributed by atoms with Crippen LogP contribution in [-0.2, 0) is 13.1 Å².